The predicted molar refractivity (Wildman–Crippen MR) is 63.7 cm³/mol. The van der Waals surface area contributed by atoms with Gasteiger partial charge in [-0.1, -0.05) is 18.2 Å². The number of rotatable bonds is 2. The van der Waals surface area contributed by atoms with Gasteiger partial charge in [0.2, 0.25) is 9.84 Å². The first-order chi connectivity index (χ1) is 7.86. The fourth-order valence-corrected chi connectivity index (χ4v) is 3.43. The lowest BCUT2D eigenvalue weighted by Crippen LogP contribution is -2.53. The van der Waals surface area contributed by atoms with E-state index in [0.29, 0.717) is 0 Å². The van der Waals surface area contributed by atoms with Crippen molar-refractivity contribution in [2.45, 2.75) is 17.5 Å². The molecule has 0 amide bonds. The lowest BCUT2D eigenvalue weighted by atomic mass is 10.2. The number of hydrogen-bond donors (Lipinski definition) is 4. The molecule has 7 heteroatoms. The standard InChI is InChI=1S/C10H14N4O2S/c1-10(12)8(9(11)13-14-10)17(15,16)7-5-3-2-4-6-7/h2-6,13-14H,11-12H2,1H3. The Kier molecular flexibility index (Phi) is 2.61. The van der Waals surface area contributed by atoms with Gasteiger partial charge in [-0.3, -0.25) is 0 Å². The van der Waals surface area contributed by atoms with Gasteiger partial charge in [0.05, 0.1) is 4.90 Å². The smallest absolute Gasteiger partial charge is 0.209 e. The molecule has 6 nitrogen and oxygen atoms in total. The number of hydrazine groups is 1. The Labute approximate surface area is 99.6 Å². The van der Waals surface area contributed by atoms with Crippen molar-refractivity contribution in [2.75, 3.05) is 0 Å². The van der Waals surface area contributed by atoms with Crippen molar-refractivity contribution in [1.82, 2.24) is 10.9 Å². The van der Waals surface area contributed by atoms with E-state index in [9.17, 15) is 8.42 Å². The predicted octanol–water partition coefficient (Wildman–Crippen LogP) is -0.629. The van der Waals surface area contributed by atoms with Gasteiger partial charge < -0.3 is 16.9 Å². The number of benzene rings is 1. The van der Waals surface area contributed by atoms with Crippen LogP contribution in [0, 0.1) is 0 Å². The van der Waals surface area contributed by atoms with Gasteiger partial charge in [-0.2, -0.15) is 0 Å². The second-order valence-corrected chi connectivity index (χ2v) is 5.90. The van der Waals surface area contributed by atoms with E-state index in [1.54, 1.807) is 18.2 Å². The van der Waals surface area contributed by atoms with Crippen molar-refractivity contribution < 1.29 is 8.42 Å². The molecule has 0 bridgehead atoms. The number of nitrogens with two attached hydrogens (primary N) is 2. The molecule has 1 aliphatic heterocycles. The molecule has 92 valence electrons. The van der Waals surface area contributed by atoms with Gasteiger partial charge in [-0.15, -0.1) is 0 Å². The fourth-order valence-electron chi connectivity index (χ4n) is 1.73. The Hall–Kier alpha value is -1.57. The highest BCUT2D eigenvalue weighted by atomic mass is 32.2. The summed E-state index contributed by atoms with van der Waals surface area (Å²) in [5.41, 5.74) is 15.4. The summed E-state index contributed by atoms with van der Waals surface area (Å²) in [6, 6.07) is 8.04. The Bertz CT molecular complexity index is 563. The average molecular weight is 254 g/mol. The Morgan fingerprint density at radius 3 is 2.29 bits per heavy atom. The summed E-state index contributed by atoms with van der Waals surface area (Å²) in [5, 5.41) is 0. The molecular formula is C10H14N4O2S. The van der Waals surface area contributed by atoms with Crippen LogP contribution >= 0.6 is 0 Å². The summed E-state index contributed by atoms with van der Waals surface area (Å²) in [6.07, 6.45) is 0. The molecule has 0 saturated carbocycles. The summed E-state index contributed by atoms with van der Waals surface area (Å²) in [5.74, 6) is 0.0267. The minimum Gasteiger partial charge on any atom is -0.384 e. The molecule has 1 aromatic carbocycles. The van der Waals surface area contributed by atoms with Crippen molar-refractivity contribution in [3.63, 3.8) is 0 Å². The van der Waals surface area contributed by atoms with Crippen LogP contribution in [0.2, 0.25) is 0 Å². The third-order valence-corrected chi connectivity index (χ3v) is 4.57. The highest BCUT2D eigenvalue weighted by molar-refractivity contribution is 7.95. The SMILES string of the molecule is CC1(N)NNC(N)=C1S(=O)(=O)c1ccccc1. The Morgan fingerprint density at radius 1 is 1.24 bits per heavy atom. The van der Waals surface area contributed by atoms with Crippen molar-refractivity contribution in [3.05, 3.63) is 41.1 Å². The van der Waals surface area contributed by atoms with Crippen LogP contribution in [0.3, 0.4) is 0 Å². The van der Waals surface area contributed by atoms with Gasteiger partial charge >= 0.3 is 0 Å². The summed E-state index contributed by atoms with van der Waals surface area (Å²) in [7, 11) is -3.69. The maximum atomic E-state index is 12.4. The molecule has 0 fully saturated rings. The van der Waals surface area contributed by atoms with E-state index >= 15 is 0 Å². The molecule has 0 aromatic heterocycles. The lowest BCUT2D eigenvalue weighted by Gasteiger charge is -2.21. The Morgan fingerprint density at radius 2 is 1.82 bits per heavy atom. The molecule has 17 heavy (non-hydrogen) atoms. The van der Waals surface area contributed by atoms with E-state index in [0.717, 1.165) is 0 Å². The van der Waals surface area contributed by atoms with Crippen molar-refractivity contribution >= 4 is 9.84 Å². The third-order valence-electron chi connectivity index (χ3n) is 2.50. The zero-order valence-electron chi connectivity index (χ0n) is 9.27. The van der Waals surface area contributed by atoms with Gasteiger partial charge in [-0.25, -0.2) is 13.8 Å². The van der Waals surface area contributed by atoms with Crippen LogP contribution in [0.15, 0.2) is 46.0 Å². The quantitative estimate of drug-likeness (QED) is 0.559. The molecule has 1 heterocycles. The molecule has 1 aliphatic rings. The van der Waals surface area contributed by atoms with E-state index < -0.39 is 15.5 Å². The molecule has 2 rings (SSSR count). The number of sulfone groups is 1. The molecular weight excluding hydrogens is 240 g/mol. The van der Waals surface area contributed by atoms with Gasteiger partial charge in [0, 0.05) is 0 Å². The maximum Gasteiger partial charge on any atom is 0.209 e. The topological polar surface area (TPSA) is 110 Å². The largest absolute Gasteiger partial charge is 0.384 e. The van der Waals surface area contributed by atoms with Crippen LogP contribution in [0.4, 0.5) is 0 Å². The average Bonchev–Trinajstić information content (AvgIpc) is 2.54. The van der Waals surface area contributed by atoms with E-state index in [1.165, 1.54) is 19.1 Å². The van der Waals surface area contributed by atoms with Gasteiger partial charge in [0.15, 0.2) is 0 Å². The lowest BCUT2D eigenvalue weighted by molar-refractivity contribution is 0.439. The van der Waals surface area contributed by atoms with Crippen molar-refractivity contribution in [3.8, 4) is 0 Å². The van der Waals surface area contributed by atoms with Crippen LogP contribution in [0.1, 0.15) is 6.92 Å². The van der Waals surface area contributed by atoms with Crippen LogP contribution < -0.4 is 22.3 Å². The summed E-state index contributed by atoms with van der Waals surface area (Å²) >= 11 is 0. The minimum atomic E-state index is -3.69. The summed E-state index contributed by atoms with van der Waals surface area (Å²) < 4.78 is 24.7. The fraction of sp³-hybridized carbons (Fsp3) is 0.200. The molecule has 1 unspecified atom stereocenters. The first-order valence-electron chi connectivity index (χ1n) is 4.98. The summed E-state index contributed by atoms with van der Waals surface area (Å²) in [4.78, 5) is 0.122. The van der Waals surface area contributed by atoms with Crippen LogP contribution in [0.5, 0.6) is 0 Å². The van der Waals surface area contributed by atoms with Crippen LogP contribution in [-0.2, 0) is 9.84 Å². The highest BCUT2D eigenvalue weighted by Gasteiger charge is 2.41. The van der Waals surface area contributed by atoms with Crippen LogP contribution in [0.25, 0.3) is 0 Å². The minimum absolute atomic E-state index is 0.0267. The van der Waals surface area contributed by atoms with E-state index in [4.69, 9.17) is 11.5 Å². The van der Waals surface area contributed by atoms with Gasteiger partial charge in [0.1, 0.15) is 16.4 Å². The number of nitrogens with one attached hydrogen (secondary N) is 2. The summed E-state index contributed by atoms with van der Waals surface area (Å²) in [6.45, 7) is 1.54. The highest BCUT2D eigenvalue weighted by Crippen LogP contribution is 2.28. The van der Waals surface area contributed by atoms with E-state index in [2.05, 4.69) is 10.9 Å². The van der Waals surface area contributed by atoms with Gasteiger partial charge in [0.25, 0.3) is 0 Å². The van der Waals surface area contributed by atoms with E-state index in [1.807, 2.05) is 0 Å². The number of hydrogen-bond acceptors (Lipinski definition) is 6. The third kappa shape index (κ3) is 1.88. The zero-order valence-corrected chi connectivity index (χ0v) is 10.1. The zero-order chi connectivity index (χ0) is 12.7. The molecule has 0 radical (unpaired) electrons. The normalized spacial score (nSPS) is 24.8. The molecule has 0 saturated heterocycles. The second kappa shape index (κ2) is 3.73. The molecule has 0 aliphatic carbocycles. The van der Waals surface area contributed by atoms with E-state index in [-0.39, 0.29) is 15.6 Å². The maximum absolute atomic E-state index is 12.4. The molecule has 6 N–H and O–H groups in total. The Balaban J connectivity index is 2.59. The second-order valence-electron chi connectivity index (χ2n) is 4.01. The van der Waals surface area contributed by atoms with Crippen LogP contribution in [-0.4, -0.2) is 14.1 Å². The monoisotopic (exact) mass is 254 g/mol. The van der Waals surface area contributed by atoms with Crippen molar-refractivity contribution in [1.29, 1.82) is 0 Å². The van der Waals surface area contributed by atoms with Gasteiger partial charge in [-0.05, 0) is 19.1 Å². The first kappa shape index (κ1) is 11.9. The molecule has 1 aromatic rings. The molecule has 1 atom stereocenters. The van der Waals surface area contributed by atoms with Crippen molar-refractivity contribution in [2.24, 2.45) is 11.5 Å². The molecule has 0 spiro atoms. The first-order valence-corrected chi connectivity index (χ1v) is 6.46.